The third-order valence-electron chi connectivity index (χ3n) is 6.26. The van der Waals surface area contributed by atoms with Crippen LogP contribution in [0.5, 0.6) is 0 Å². The Kier molecular flexibility index (Phi) is 6.54. The molecule has 0 bridgehead atoms. The molecule has 12 heteroatoms. The van der Waals surface area contributed by atoms with E-state index in [0.717, 1.165) is 17.8 Å². The largest absolute Gasteiger partial charge is 0.416 e. The van der Waals surface area contributed by atoms with Gasteiger partial charge in [-0.05, 0) is 51.5 Å². The van der Waals surface area contributed by atoms with Crippen LogP contribution < -0.4 is 10.6 Å². The lowest BCUT2D eigenvalue weighted by molar-refractivity contribution is -0.137. The highest BCUT2D eigenvalue weighted by molar-refractivity contribution is 6.06. The summed E-state index contributed by atoms with van der Waals surface area (Å²) >= 11 is 0. The second kappa shape index (κ2) is 9.86. The van der Waals surface area contributed by atoms with Crippen LogP contribution in [-0.2, 0) is 11.0 Å². The van der Waals surface area contributed by atoms with E-state index in [1.54, 1.807) is 48.4 Å². The molecule has 1 atom stereocenters. The lowest BCUT2D eigenvalue weighted by Gasteiger charge is -2.29. The van der Waals surface area contributed by atoms with Crippen molar-refractivity contribution in [3.63, 3.8) is 0 Å². The number of aryl methyl sites for hydroxylation is 2. The van der Waals surface area contributed by atoms with E-state index in [1.165, 1.54) is 16.8 Å². The van der Waals surface area contributed by atoms with Crippen LogP contribution in [-0.4, -0.2) is 40.5 Å². The molecule has 0 saturated carbocycles. The molecule has 39 heavy (non-hydrogen) atoms. The zero-order chi connectivity index (χ0) is 27.8. The summed E-state index contributed by atoms with van der Waals surface area (Å²) in [4.78, 5) is 30.1. The van der Waals surface area contributed by atoms with Crippen LogP contribution in [0.4, 0.5) is 24.8 Å². The predicted octanol–water partition coefficient (Wildman–Crippen LogP) is 5.18. The Morgan fingerprint density at radius 3 is 2.56 bits per heavy atom. The molecule has 3 heterocycles. The van der Waals surface area contributed by atoms with Gasteiger partial charge in [-0.1, -0.05) is 18.2 Å². The van der Waals surface area contributed by atoms with Crippen LogP contribution in [0.25, 0.3) is 11.5 Å². The summed E-state index contributed by atoms with van der Waals surface area (Å²) in [6.45, 7) is 5.50. The molecule has 0 radical (unpaired) electrons. The lowest BCUT2D eigenvalue weighted by Crippen LogP contribution is -2.35. The first-order chi connectivity index (χ1) is 18.5. The number of rotatable bonds is 6. The maximum atomic E-state index is 13.6. The second-order valence-electron chi connectivity index (χ2n) is 9.47. The number of amides is 1. The van der Waals surface area contributed by atoms with Gasteiger partial charge < -0.3 is 15.2 Å². The van der Waals surface area contributed by atoms with Gasteiger partial charge in [0.1, 0.15) is 18.0 Å². The van der Waals surface area contributed by atoms with Gasteiger partial charge in [0.05, 0.1) is 16.8 Å². The Bertz CT molecular complexity index is 1600. The summed E-state index contributed by atoms with van der Waals surface area (Å²) in [5, 5.41) is 5.89. The topological polar surface area (TPSA) is 103 Å². The van der Waals surface area contributed by atoms with E-state index in [1.807, 2.05) is 26.1 Å². The van der Waals surface area contributed by atoms with Gasteiger partial charge in [0.15, 0.2) is 0 Å². The maximum Gasteiger partial charge on any atom is 0.416 e. The Morgan fingerprint density at radius 2 is 1.92 bits per heavy atom. The predicted molar refractivity (Wildman–Crippen MR) is 140 cm³/mol. The molecule has 9 nitrogen and oxygen atoms in total. The van der Waals surface area contributed by atoms with E-state index < -0.39 is 23.2 Å². The standard InChI is InChI=1S/C27H25F3N8O/c1-17-15-37(16-33-17)23-6-9-32-25(35-23)36-26(3)7-4-19(5-8-26)24(39)34-21-12-20(27(28,29)30)13-22(14-21)38-11-10-31-18(38)2/h4-7,9-16H,8H2,1-3H3,(H,34,39)(H,32,35,36). The van der Waals surface area contributed by atoms with Gasteiger partial charge in [-0.15, -0.1) is 0 Å². The Morgan fingerprint density at radius 1 is 1.10 bits per heavy atom. The second-order valence-corrected chi connectivity index (χ2v) is 9.47. The van der Waals surface area contributed by atoms with Gasteiger partial charge in [-0.3, -0.25) is 9.36 Å². The van der Waals surface area contributed by atoms with Gasteiger partial charge in [0.2, 0.25) is 5.95 Å². The smallest absolute Gasteiger partial charge is 0.345 e. The van der Waals surface area contributed by atoms with Gasteiger partial charge in [-0.2, -0.15) is 18.2 Å². The number of hydrogen-bond donors (Lipinski definition) is 2. The maximum absolute atomic E-state index is 13.6. The van der Waals surface area contributed by atoms with Crippen LogP contribution in [0.15, 0.2) is 79.2 Å². The summed E-state index contributed by atoms with van der Waals surface area (Å²) in [5.74, 6) is 1.05. The minimum atomic E-state index is -4.59. The zero-order valence-electron chi connectivity index (χ0n) is 21.4. The van der Waals surface area contributed by atoms with Crippen molar-refractivity contribution in [1.29, 1.82) is 0 Å². The van der Waals surface area contributed by atoms with Crippen molar-refractivity contribution in [2.24, 2.45) is 0 Å². The van der Waals surface area contributed by atoms with E-state index >= 15 is 0 Å². The van der Waals surface area contributed by atoms with Crippen LogP contribution in [0.1, 0.15) is 30.4 Å². The SMILES string of the molecule is Cc1cn(-c2ccnc(NC3(C)C=CC(C(=O)Nc4cc(-n5ccnc5C)cc(C(F)(F)F)c4)=CC3)n2)cn1. The molecule has 1 aromatic carbocycles. The molecule has 5 rings (SSSR count). The van der Waals surface area contributed by atoms with Gasteiger partial charge in [0, 0.05) is 41.7 Å². The number of carbonyl (C=O) groups excluding carboxylic acids is 1. The Labute approximate surface area is 222 Å². The number of halogens is 3. The van der Waals surface area contributed by atoms with E-state index in [2.05, 4.69) is 30.6 Å². The highest BCUT2D eigenvalue weighted by atomic mass is 19.4. The first-order valence-corrected chi connectivity index (χ1v) is 12.0. The number of benzene rings is 1. The highest BCUT2D eigenvalue weighted by Crippen LogP contribution is 2.33. The molecular formula is C27H25F3N8O. The number of imidazole rings is 2. The van der Waals surface area contributed by atoms with Crippen molar-refractivity contribution >= 4 is 17.5 Å². The molecular weight excluding hydrogens is 509 g/mol. The number of alkyl halides is 3. The summed E-state index contributed by atoms with van der Waals surface area (Å²) in [5.41, 5.74) is -0.00137. The normalized spacial score (nSPS) is 17.1. The average Bonchev–Trinajstić information content (AvgIpc) is 3.51. The molecule has 3 aromatic heterocycles. The monoisotopic (exact) mass is 534 g/mol. The number of hydrogen-bond acceptors (Lipinski definition) is 6. The van der Waals surface area contributed by atoms with Crippen molar-refractivity contribution in [3.05, 3.63) is 96.3 Å². The van der Waals surface area contributed by atoms with Crippen molar-refractivity contribution in [1.82, 2.24) is 29.1 Å². The van der Waals surface area contributed by atoms with E-state index in [4.69, 9.17) is 0 Å². The molecule has 0 spiro atoms. The Balaban J connectivity index is 1.31. The summed E-state index contributed by atoms with van der Waals surface area (Å²) < 4.78 is 44.1. The molecule has 1 aliphatic rings. The fraction of sp³-hybridized carbons (Fsp3) is 0.222. The first kappa shape index (κ1) is 25.9. The minimum absolute atomic E-state index is 0.0265. The van der Waals surface area contributed by atoms with E-state index in [-0.39, 0.29) is 11.4 Å². The molecule has 0 fully saturated rings. The van der Waals surface area contributed by atoms with Crippen molar-refractivity contribution in [3.8, 4) is 11.5 Å². The fourth-order valence-electron chi connectivity index (χ4n) is 4.19. The van der Waals surface area contributed by atoms with Crippen LogP contribution in [0.2, 0.25) is 0 Å². The van der Waals surface area contributed by atoms with Crippen molar-refractivity contribution in [2.75, 3.05) is 10.6 Å². The quantitative estimate of drug-likeness (QED) is 0.354. The molecule has 200 valence electrons. The number of anilines is 2. The average molecular weight is 535 g/mol. The molecule has 0 saturated heterocycles. The molecule has 2 N–H and O–H groups in total. The molecule has 1 unspecified atom stereocenters. The zero-order valence-corrected chi connectivity index (χ0v) is 21.4. The number of nitrogens with zero attached hydrogens (tertiary/aromatic N) is 6. The summed E-state index contributed by atoms with van der Waals surface area (Å²) in [6.07, 6.45) is 9.22. The fourth-order valence-corrected chi connectivity index (χ4v) is 4.19. The van der Waals surface area contributed by atoms with Crippen molar-refractivity contribution < 1.29 is 18.0 Å². The van der Waals surface area contributed by atoms with Crippen molar-refractivity contribution in [2.45, 2.75) is 38.9 Å². The minimum Gasteiger partial charge on any atom is -0.345 e. The molecule has 0 aliphatic heterocycles. The summed E-state index contributed by atoms with van der Waals surface area (Å²) in [6, 6.07) is 5.18. The first-order valence-electron chi connectivity index (χ1n) is 12.0. The van der Waals surface area contributed by atoms with E-state index in [9.17, 15) is 18.0 Å². The third-order valence-corrected chi connectivity index (χ3v) is 6.26. The van der Waals surface area contributed by atoms with Crippen LogP contribution >= 0.6 is 0 Å². The molecule has 1 aliphatic carbocycles. The number of nitrogens with one attached hydrogen (secondary N) is 2. The van der Waals surface area contributed by atoms with E-state index in [0.29, 0.717) is 29.6 Å². The Hall–Kier alpha value is -4.74. The van der Waals surface area contributed by atoms with Gasteiger partial charge >= 0.3 is 6.18 Å². The van der Waals surface area contributed by atoms with Crippen LogP contribution in [0, 0.1) is 13.8 Å². The number of aromatic nitrogens is 6. The molecule has 4 aromatic rings. The third kappa shape index (κ3) is 5.74. The van der Waals surface area contributed by atoms with Crippen LogP contribution in [0.3, 0.4) is 0 Å². The lowest BCUT2D eigenvalue weighted by atomic mass is 9.90. The van der Waals surface area contributed by atoms with Gasteiger partial charge in [0.25, 0.3) is 5.91 Å². The van der Waals surface area contributed by atoms with Gasteiger partial charge in [-0.25, -0.2) is 15.0 Å². The summed E-state index contributed by atoms with van der Waals surface area (Å²) in [7, 11) is 0. The number of carbonyl (C=O) groups is 1. The highest BCUT2D eigenvalue weighted by Gasteiger charge is 2.32. The molecule has 1 amide bonds.